The van der Waals surface area contributed by atoms with E-state index in [4.69, 9.17) is 5.73 Å². The van der Waals surface area contributed by atoms with Gasteiger partial charge in [0, 0.05) is 12.6 Å². The minimum absolute atomic E-state index is 0.202. The summed E-state index contributed by atoms with van der Waals surface area (Å²) in [5, 5.41) is 3.21. The summed E-state index contributed by atoms with van der Waals surface area (Å²) >= 11 is 0. The molecule has 0 aliphatic heterocycles. The maximum Gasteiger partial charge on any atom is 0.227 e. The molecule has 0 bridgehead atoms. The molecule has 1 aliphatic carbocycles. The Hall–Kier alpha value is -0.570. The third kappa shape index (κ3) is 5.13. The molecule has 1 saturated carbocycles. The average Bonchev–Trinajstić information content (AvgIpc) is 2.62. The Morgan fingerprint density at radius 1 is 1.11 bits per heavy atom. The number of hydrogen-bond donors (Lipinski definition) is 2. The van der Waals surface area contributed by atoms with Crippen LogP contribution in [0.3, 0.4) is 0 Å². The Bertz CT molecular complexity index is 268. The molecule has 1 amide bonds. The fourth-order valence-electron chi connectivity index (χ4n) is 2.96. The van der Waals surface area contributed by atoms with E-state index in [9.17, 15) is 4.79 Å². The van der Waals surface area contributed by atoms with Gasteiger partial charge >= 0.3 is 0 Å². The fraction of sp³-hybridized carbons (Fsp3) is 0.938. The summed E-state index contributed by atoms with van der Waals surface area (Å²) < 4.78 is 0. The zero-order valence-corrected chi connectivity index (χ0v) is 13.0. The number of hydrogen-bond acceptors (Lipinski definition) is 2. The quantitative estimate of drug-likeness (QED) is 0.727. The molecule has 1 aliphatic rings. The Morgan fingerprint density at radius 2 is 1.68 bits per heavy atom. The van der Waals surface area contributed by atoms with Crippen molar-refractivity contribution in [2.24, 2.45) is 17.1 Å². The summed E-state index contributed by atoms with van der Waals surface area (Å²) in [4.78, 5) is 12.6. The highest BCUT2D eigenvalue weighted by Crippen LogP contribution is 2.34. The number of nitrogens with two attached hydrogens (primary N) is 1. The van der Waals surface area contributed by atoms with Crippen LogP contribution >= 0.6 is 0 Å². The highest BCUT2D eigenvalue weighted by molar-refractivity contribution is 5.83. The lowest BCUT2D eigenvalue weighted by Crippen LogP contribution is -2.48. The molecule has 1 fully saturated rings. The topological polar surface area (TPSA) is 55.1 Å². The Kier molecular flexibility index (Phi) is 6.84. The summed E-state index contributed by atoms with van der Waals surface area (Å²) in [5.74, 6) is 0.897. The van der Waals surface area contributed by atoms with Gasteiger partial charge in [-0.05, 0) is 38.5 Å². The molecule has 0 aromatic rings. The molecule has 3 heteroatoms. The van der Waals surface area contributed by atoms with E-state index in [1.165, 1.54) is 12.8 Å². The van der Waals surface area contributed by atoms with Gasteiger partial charge in [-0.15, -0.1) is 0 Å². The Balaban J connectivity index is 2.52. The van der Waals surface area contributed by atoms with Gasteiger partial charge < -0.3 is 11.1 Å². The lowest BCUT2D eigenvalue weighted by Gasteiger charge is -2.31. The monoisotopic (exact) mass is 268 g/mol. The first kappa shape index (κ1) is 16.5. The van der Waals surface area contributed by atoms with Crippen molar-refractivity contribution in [1.82, 2.24) is 5.32 Å². The molecule has 1 atom stereocenters. The SMILES string of the molecule is CC(C)CCC(C)NC(=O)C1(CN)CCCCCC1. The van der Waals surface area contributed by atoms with Gasteiger partial charge in [0.25, 0.3) is 0 Å². The highest BCUT2D eigenvalue weighted by atomic mass is 16.2. The van der Waals surface area contributed by atoms with Crippen LogP contribution in [0.25, 0.3) is 0 Å². The van der Waals surface area contributed by atoms with Gasteiger partial charge in [0.2, 0.25) is 5.91 Å². The molecule has 0 spiro atoms. The lowest BCUT2D eigenvalue weighted by molar-refractivity contribution is -0.132. The molecule has 3 nitrogen and oxygen atoms in total. The Morgan fingerprint density at radius 3 is 2.16 bits per heavy atom. The van der Waals surface area contributed by atoms with Crippen LogP contribution < -0.4 is 11.1 Å². The summed E-state index contributed by atoms with van der Waals surface area (Å²) in [5.41, 5.74) is 5.66. The molecule has 1 rings (SSSR count). The van der Waals surface area contributed by atoms with Gasteiger partial charge in [-0.2, -0.15) is 0 Å². The molecule has 0 radical (unpaired) electrons. The van der Waals surface area contributed by atoms with Crippen LogP contribution in [0, 0.1) is 11.3 Å². The maximum atomic E-state index is 12.6. The molecular weight excluding hydrogens is 236 g/mol. The van der Waals surface area contributed by atoms with Gasteiger partial charge in [-0.1, -0.05) is 39.5 Å². The van der Waals surface area contributed by atoms with Gasteiger partial charge in [-0.3, -0.25) is 4.79 Å². The van der Waals surface area contributed by atoms with Crippen LogP contribution in [0.4, 0.5) is 0 Å². The van der Waals surface area contributed by atoms with Crippen LogP contribution in [-0.4, -0.2) is 18.5 Å². The molecule has 0 aromatic heterocycles. The number of carbonyl (C=O) groups excluding carboxylic acids is 1. The van der Waals surface area contributed by atoms with Crippen molar-refractivity contribution in [1.29, 1.82) is 0 Å². The van der Waals surface area contributed by atoms with Crippen molar-refractivity contribution in [2.45, 2.75) is 78.2 Å². The average molecular weight is 268 g/mol. The maximum absolute atomic E-state index is 12.6. The van der Waals surface area contributed by atoms with Crippen molar-refractivity contribution in [3.63, 3.8) is 0 Å². The molecular formula is C16H32N2O. The van der Waals surface area contributed by atoms with Crippen LogP contribution in [0.15, 0.2) is 0 Å². The zero-order chi connectivity index (χ0) is 14.3. The number of amides is 1. The normalized spacial score (nSPS) is 20.9. The van der Waals surface area contributed by atoms with Gasteiger partial charge in [-0.25, -0.2) is 0 Å². The van der Waals surface area contributed by atoms with Crippen molar-refractivity contribution in [3.05, 3.63) is 0 Å². The first-order valence-electron chi connectivity index (χ1n) is 8.01. The molecule has 0 saturated heterocycles. The predicted octanol–water partition coefficient (Wildman–Crippen LogP) is 3.23. The van der Waals surface area contributed by atoms with Crippen LogP contribution in [-0.2, 0) is 4.79 Å². The zero-order valence-electron chi connectivity index (χ0n) is 13.0. The molecule has 1 unspecified atom stereocenters. The summed E-state index contributed by atoms with van der Waals surface area (Å²) in [7, 11) is 0. The molecule has 19 heavy (non-hydrogen) atoms. The van der Waals surface area contributed by atoms with Crippen LogP contribution in [0.5, 0.6) is 0 Å². The summed E-state index contributed by atoms with van der Waals surface area (Å²) in [6.45, 7) is 7.05. The van der Waals surface area contributed by atoms with E-state index in [0.717, 1.165) is 38.5 Å². The first-order valence-corrected chi connectivity index (χ1v) is 8.01. The second kappa shape index (κ2) is 7.88. The number of rotatable bonds is 6. The Labute approximate surface area is 118 Å². The molecule has 112 valence electrons. The van der Waals surface area contributed by atoms with Gasteiger partial charge in [0.15, 0.2) is 0 Å². The predicted molar refractivity (Wildman–Crippen MR) is 80.9 cm³/mol. The molecule has 0 heterocycles. The van der Waals surface area contributed by atoms with E-state index in [1.54, 1.807) is 0 Å². The van der Waals surface area contributed by atoms with Crippen molar-refractivity contribution < 1.29 is 4.79 Å². The van der Waals surface area contributed by atoms with E-state index >= 15 is 0 Å². The third-order valence-electron chi connectivity index (χ3n) is 4.49. The van der Waals surface area contributed by atoms with Crippen LogP contribution in [0.1, 0.15) is 72.1 Å². The van der Waals surface area contributed by atoms with E-state index in [-0.39, 0.29) is 17.4 Å². The van der Waals surface area contributed by atoms with Gasteiger partial charge in [0.1, 0.15) is 0 Å². The van der Waals surface area contributed by atoms with E-state index in [1.807, 2.05) is 0 Å². The second-order valence-electron chi connectivity index (χ2n) is 6.74. The van der Waals surface area contributed by atoms with Crippen molar-refractivity contribution >= 4 is 5.91 Å². The van der Waals surface area contributed by atoms with Crippen molar-refractivity contribution in [3.8, 4) is 0 Å². The second-order valence-corrected chi connectivity index (χ2v) is 6.74. The first-order chi connectivity index (χ1) is 9.00. The minimum atomic E-state index is -0.289. The molecule has 3 N–H and O–H groups in total. The number of carbonyl (C=O) groups is 1. The van der Waals surface area contributed by atoms with Crippen LogP contribution in [0.2, 0.25) is 0 Å². The van der Waals surface area contributed by atoms with E-state index in [0.29, 0.717) is 12.5 Å². The van der Waals surface area contributed by atoms with E-state index in [2.05, 4.69) is 26.1 Å². The summed E-state index contributed by atoms with van der Waals surface area (Å²) in [6, 6.07) is 0.265. The minimum Gasteiger partial charge on any atom is -0.353 e. The lowest BCUT2D eigenvalue weighted by atomic mass is 9.79. The van der Waals surface area contributed by atoms with E-state index < -0.39 is 0 Å². The van der Waals surface area contributed by atoms with Crippen molar-refractivity contribution in [2.75, 3.05) is 6.54 Å². The third-order valence-corrected chi connectivity index (χ3v) is 4.49. The standard InChI is InChI=1S/C16H32N2O/c1-13(2)8-9-14(3)18-15(19)16(12-17)10-6-4-5-7-11-16/h13-14H,4-12,17H2,1-3H3,(H,18,19). The summed E-state index contributed by atoms with van der Waals surface area (Å²) in [6.07, 6.45) is 8.94. The van der Waals surface area contributed by atoms with Gasteiger partial charge in [0.05, 0.1) is 5.41 Å². The fourth-order valence-corrected chi connectivity index (χ4v) is 2.96. The highest BCUT2D eigenvalue weighted by Gasteiger charge is 2.37. The number of nitrogens with one attached hydrogen (secondary N) is 1. The largest absolute Gasteiger partial charge is 0.353 e. The molecule has 0 aromatic carbocycles. The smallest absolute Gasteiger partial charge is 0.227 e.